The second-order valence-corrected chi connectivity index (χ2v) is 6.79. The maximum Gasteiger partial charge on any atom is 0.0235 e. The molecule has 3 unspecified atom stereocenters. The minimum Gasteiger partial charge on any atom is -0.312 e. The van der Waals surface area contributed by atoms with Crippen LogP contribution in [-0.4, -0.2) is 61.2 Å². The summed E-state index contributed by atoms with van der Waals surface area (Å²) in [6, 6.07) is 1.59. The van der Waals surface area contributed by atoms with Gasteiger partial charge in [0.15, 0.2) is 0 Å². The first-order chi connectivity index (χ1) is 9.74. The van der Waals surface area contributed by atoms with Gasteiger partial charge in [-0.2, -0.15) is 0 Å². The zero-order valence-electron chi connectivity index (χ0n) is 13.9. The summed E-state index contributed by atoms with van der Waals surface area (Å²) in [4.78, 5) is 5.28. The molecule has 0 spiro atoms. The molecule has 0 radical (unpaired) electrons. The molecule has 0 amide bonds. The van der Waals surface area contributed by atoms with E-state index in [0.29, 0.717) is 0 Å². The van der Waals surface area contributed by atoms with Gasteiger partial charge in [0.05, 0.1) is 0 Å². The number of nitrogens with zero attached hydrogens (tertiary/aromatic N) is 2. The normalized spacial score (nSPS) is 32.1. The molecule has 0 bridgehead atoms. The van der Waals surface area contributed by atoms with E-state index in [1.54, 1.807) is 0 Å². The highest BCUT2D eigenvalue weighted by Crippen LogP contribution is 2.23. The molecular weight excluding hydrogens is 246 g/mol. The predicted octanol–water partition coefficient (Wildman–Crippen LogP) is 2.57. The maximum absolute atomic E-state index is 3.82. The number of likely N-dealkylation sites (tertiary alicyclic amines) is 1. The van der Waals surface area contributed by atoms with Gasteiger partial charge >= 0.3 is 0 Å². The van der Waals surface area contributed by atoms with Crippen molar-refractivity contribution in [1.82, 2.24) is 15.1 Å². The summed E-state index contributed by atoms with van der Waals surface area (Å²) < 4.78 is 0. The van der Waals surface area contributed by atoms with Crippen LogP contribution in [0.1, 0.15) is 52.9 Å². The van der Waals surface area contributed by atoms with Crippen molar-refractivity contribution in [3.8, 4) is 0 Å². The molecular formula is C17H35N3. The van der Waals surface area contributed by atoms with Crippen LogP contribution in [0.3, 0.4) is 0 Å². The van der Waals surface area contributed by atoms with Gasteiger partial charge in [-0.05, 0) is 44.8 Å². The molecule has 1 heterocycles. The van der Waals surface area contributed by atoms with Gasteiger partial charge in [0.1, 0.15) is 0 Å². The Balaban J connectivity index is 1.63. The lowest BCUT2D eigenvalue weighted by molar-refractivity contribution is 0.207. The van der Waals surface area contributed by atoms with Crippen LogP contribution in [0.15, 0.2) is 0 Å². The van der Waals surface area contributed by atoms with Gasteiger partial charge in [0, 0.05) is 31.7 Å². The lowest BCUT2D eigenvalue weighted by Gasteiger charge is -2.30. The molecule has 0 aromatic carbocycles. The van der Waals surface area contributed by atoms with Gasteiger partial charge in [-0.1, -0.05) is 33.6 Å². The van der Waals surface area contributed by atoms with Crippen LogP contribution in [0, 0.1) is 5.92 Å². The SMILES string of the molecule is CCN(CC)C1CCN(CCNC2CCCCC2C)C1. The van der Waals surface area contributed by atoms with E-state index < -0.39 is 0 Å². The second kappa shape index (κ2) is 8.35. The Morgan fingerprint density at radius 3 is 2.55 bits per heavy atom. The average molecular weight is 281 g/mol. The first-order valence-corrected chi connectivity index (χ1v) is 8.94. The Labute approximate surface area is 126 Å². The predicted molar refractivity (Wildman–Crippen MR) is 87.2 cm³/mol. The molecule has 1 N–H and O–H groups in total. The van der Waals surface area contributed by atoms with Gasteiger partial charge in [-0.3, -0.25) is 4.90 Å². The van der Waals surface area contributed by atoms with Crippen LogP contribution in [-0.2, 0) is 0 Å². The first kappa shape index (κ1) is 16.3. The Bertz CT molecular complexity index is 265. The van der Waals surface area contributed by atoms with E-state index in [0.717, 1.165) is 18.0 Å². The smallest absolute Gasteiger partial charge is 0.0235 e. The van der Waals surface area contributed by atoms with Crippen LogP contribution in [0.5, 0.6) is 0 Å². The average Bonchev–Trinajstić information content (AvgIpc) is 2.91. The Kier molecular flexibility index (Phi) is 6.79. The molecule has 1 saturated carbocycles. The zero-order chi connectivity index (χ0) is 14.4. The first-order valence-electron chi connectivity index (χ1n) is 8.94. The Morgan fingerprint density at radius 2 is 1.85 bits per heavy atom. The second-order valence-electron chi connectivity index (χ2n) is 6.79. The summed E-state index contributed by atoms with van der Waals surface area (Å²) in [5.41, 5.74) is 0. The van der Waals surface area contributed by atoms with Crippen LogP contribution >= 0.6 is 0 Å². The molecule has 2 aliphatic rings. The molecule has 0 aromatic heterocycles. The maximum atomic E-state index is 3.82. The zero-order valence-corrected chi connectivity index (χ0v) is 13.9. The van der Waals surface area contributed by atoms with Crippen LogP contribution in [0.4, 0.5) is 0 Å². The van der Waals surface area contributed by atoms with Crippen molar-refractivity contribution >= 4 is 0 Å². The van der Waals surface area contributed by atoms with Crippen molar-refractivity contribution in [2.24, 2.45) is 5.92 Å². The van der Waals surface area contributed by atoms with Gasteiger partial charge in [0.2, 0.25) is 0 Å². The van der Waals surface area contributed by atoms with Crippen LogP contribution in [0.2, 0.25) is 0 Å². The topological polar surface area (TPSA) is 18.5 Å². The summed E-state index contributed by atoms with van der Waals surface area (Å²) in [6.45, 7) is 14.4. The van der Waals surface area contributed by atoms with Crippen molar-refractivity contribution in [2.45, 2.75) is 65.0 Å². The van der Waals surface area contributed by atoms with E-state index in [9.17, 15) is 0 Å². The monoisotopic (exact) mass is 281 g/mol. The summed E-state index contributed by atoms with van der Waals surface area (Å²) in [7, 11) is 0. The fraction of sp³-hybridized carbons (Fsp3) is 1.00. The number of likely N-dealkylation sites (N-methyl/N-ethyl adjacent to an activating group) is 1. The molecule has 118 valence electrons. The van der Waals surface area contributed by atoms with Crippen molar-refractivity contribution in [3.05, 3.63) is 0 Å². The minimum absolute atomic E-state index is 0.782. The number of hydrogen-bond acceptors (Lipinski definition) is 3. The standard InChI is InChI=1S/C17H35N3/c1-4-20(5-2)16-10-12-19(14-16)13-11-18-17-9-7-6-8-15(17)3/h15-18H,4-14H2,1-3H3. The fourth-order valence-electron chi connectivity index (χ4n) is 4.08. The van der Waals surface area contributed by atoms with E-state index in [1.165, 1.54) is 71.4 Å². The third kappa shape index (κ3) is 4.44. The van der Waals surface area contributed by atoms with E-state index in [-0.39, 0.29) is 0 Å². The van der Waals surface area contributed by atoms with Crippen LogP contribution in [0.25, 0.3) is 0 Å². The molecule has 0 aromatic rings. The highest BCUT2D eigenvalue weighted by atomic mass is 15.3. The van der Waals surface area contributed by atoms with Crippen molar-refractivity contribution < 1.29 is 0 Å². The van der Waals surface area contributed by atoms with Gasteiger partial charge < -0.3 is 10.2 Å². The number of rotatable bonds is 7. The molecule has 1 aliphatic heterocycles. The van der Waals surface area contributed by atoms with Crippen molar-refractivity contribution in [1.29, 1.82) is 0 Å². The van der Waals surface area contributed by atoms with Gasteiger partial charge in [-0.25, -0.2) is 0 Å². The van der Waals surface area contributed by atoms with E-state index in [1.807, 2.05) is 0 Å². The Morgan fingerprint density at radius 1 is 1.10 bits per heavy atom. The molecule has 3 atom stereocenters. The largest absolute Gasteiger partial charge is 0.312 e. The Hall–Kier alpha value is -0.120. The summed E-state index contributed by atoms with van der Waals surface area (Å²) in [6.07, 6.45) is 7.04. The fourth-order valence-corrected chi connectivity index (χ4v) is 4.08. The summed E-state index contributed by atoms with van der Waals surface area (Å²) >= 11 is 0. The van der Waals surface area contributed by atoms with Gasteiger partial charge in [0.25, 0.3) is 0 Å². The molecule has 2 rings (SSSR count). The van der Waals surface area contributed by atoms with Crippen molar-refractivity contribution in [2.75, 3.05) is 39.3 Å². The number of nitrogens with one attached hydrogen (secondary N) is 1. The third-order valence-electron chi connectivity index (χ3n) is 5.52. The highest BCUT2D eigenvalue weighted by molar-refractivity contribution is 4.84. The molecule has 1 saturated heterocycles. The van der Waals surface area contributed by atoms with Gasteiger partial charge in [-0.15, -0.1) is 0 Å². The van der Waals surface area contributed by atoms with E-state index in [2.05, 4.69) is 35.9 Å². The van der Waals surface area contributed by atoms with Crippen molar-refractivity contribution in [3.63, 3.8) is 0 Å². The highest BCUT2D eigenvalue weighted by Gasteiger charge is 2.26. The van der Waals surface area contributed by atoms with E-state index in [4.69, 9.17) is 0 Å². The summed E-state index contributed by atoms with van der Waals surface area (Å²) in [5, 5.41) is 3.82. The van der Waals surface area contributed by atoms with E-state index >= 15 is 0 Å². The third-order valence-corrected chi connectivity index (χ3v) is 5.52. The molecule has 2 fully saturated rings. The lowest BCUT2D eigenvalue weighted by atomic mass is 9.86. The summed E-state index contributed by atoms with van der Waals surface area (Å²) in [5.74, 6) is 0.880. The molecule has 1 aliphatic carbocycles. The molecule has 3 heteroatoms. The molecule has 3 nitrogen and oxygen atoms in total. The number of hydrogen-bond donors (Lipinski definition) is 1. The lowest BCUT2D eigenvalue weighted by Crippen LogP contribution is -2.42. The quantitative estimate of drug-likeness (QED) is 0.774. The minimum atomic E-state index is 0.782. The van der Waals surface area contributed by atoms with Crippen LogP contribution < -0.4 is 5.32 Å². The molecule has 20 heavy (non-hydrogen) atoms.